The number of hydrogen-bond donors (Lipinski definition) is 3. The van der Waals surface area contributed by atoms with E-state index in [1.165, 1.54) is 17.0 Å². The second kappa shape index (κ2) is 16.0. The highest BCUT2D eigenvalue weighted by Crippen LogP contribution is 2.47. The number of ether oxygens (including phenoxy) is 2. The van der Waals surface area contributed by atoms with Crippen LogP contribution in [0.1, 0.15) is 105 Å². The molecule has 0 aromatic heterocycles. The third-order valence-corrected chi connectivity index (χ3v) is 11.9. The van der Waals surface area contributed by atoms with Crippen LogP contribution < -0.4 is 15.4 Å². The smallest absolute Gasteiger partial charge is 0.410 e. The fourth-order valence-corrected chi connectivity index (χ4v) is 8.26. The zero-order valence-corrected chi connectivity index (χ0v) is 33.8. The fourth-order valence-electron chi connectivity index (χ4n) is 6.90. The van der Waals surface area contributed by atoms with Crippen LogP contribution in [0.5, 0.6) is 0 Å². The number of amides is 5. The number of nitrogens with zero attached hydrogens (tertiary/aromatic N) is 2. The topological polar surface area (TPSA) is 198 Å². The van der Waals surface area contributed by atoms with Crippen molar-refractivity contribution in [2.24, 2.45) is 11.3 Å². The standard InChI is InChI=1S/C39H52FN5O10S/c1-8-24-19-39(24,34(49)43-56(52,53)27-13-14-27)42-32(47)31-18-26(54-36(51)44-20-23-10-9-11-29(40)28(23)22-44)21-45(31)33(48)30(41-35(50)55-38(5,6)7)15-12-25(46)16-17-37(2,3)4/h9-11,24,26-27,30-31H,8,12-15,18-22H2,1-7H3,(H,41,50)(H,42,47)(H,43,49)/t24-,26-,30?,31?,39-/m1/s1. The molecule has 1 saturated heterocycles. The first-order valence-corrected chi connectivity index (χ1v) is 20.5. The van der Waals surface area contributed by atoms with Crippen LogP contribution in [0.2, 0.25) is 0 Å². The van der Waals surface area contributed by atoms with Gasteiger partial charge in [-0.1, -0.05) is 31.4 Å². The van der Waals surface area contributed by atoms with Gasteiger partial charge in [-0.2, -0.15) is 0 Å². The number of likely N-dealkylation sites (tertiary alicyclic amines) is 1. The van der Waals surface area contributed by atoms with Gasteiger partial charge in [-0.15, -0.1) is 0 Å². The van der Waals surface area contributed by atoms with Gasteiger partial charge in [0.1, 0.15) is 35.1 Å². The maximum atomic E-state index is 14.5. The summed E-state index contributed by atoms with van der Waals surface area (Å²) in [4.78, 5) is 83.8. The van der Waals surface area contributed by atoms with Gasteiger partial charge in [0.15, 0.2) is 0 Å². The molecule has 3 N–H and O–H groups in total. The highest BCUT2D eigenvalue weighted by Gasteiger charge is 2.62. The molecule has 4 aliphatic rings. The van der Waals surface area contributed by atoms with Gasteiger partial charge in [0.2, 0.25) is 27.6 Å². The molecule has 1 aromatic carbocycles. The Morgan fingerprint density at radius 1 is 1.05 bits per heavy atom. The van der Waals surface area contributed by atoms with E-state index in [1.54, 1.807) is 33.8 Å². The van der Waals surface area contributed by atoms with Crippen molar-refractivity contribution in [2.75, 3.05) is 6.54 Å². The first-order chi connectivity index (χ1) is 26.0. The number of hydrogen-bond acceptors (Lipinski definition) is 10. The van der Waals surface area contributed by atoms with Gasteiger partial charge in [0.05, 0.1) is 18.3 Å². The summed E-state index contributed by atoms with van der Waals surface area (Å²) in [6.45, 7) is 11.9. The Morgan fingerprint density at radius 2 is 1.75 bits per heavy atom. The molecule has 3 fully saturated rings. The third-order valence-electron chi connectivity index (χ3n) is 10.1. The summed E-state index contributed by atoms with van der Waals surface area (Å²) in [7, 11) is -3.95. The molecule has 2 aliphatic heterocycles. The number of alkyl carbamates (subject to hydrolysis) is 1. The summed E-state index contributed by atoms with van der Waals surface area (Å²) in [5.74, 6) is 1.60. The molecule has 2 unspecified atom stereocenters. The van der Waals surface area contributed by atoms with Crippen molar-refractivity contribution < 1.29 is 51.0 Å². The monoisotopic (exact) mass is 801 g/mol. The maximum absolute atomic E-state index is 14.5. The molecular formula is C39H52FN5O10S. The molecule has 56 heavy (non-hydrogen) atoms. The Labute approximate surface area is 327 Å². The molecule has 1 aromatic rings. The highest BCUT2D eigenvalue weighted by molar-refractivity contribution is 7.91. The summed E-state index contributed by atoms with van der Waals surface area (Å²) in [5.41, 5.74) is -2.01. The van der Waals surface area contributed by atoms with Crippen LogP contribution in [0, 0.1) is 29.0 Å². The lowest BCUT2D eigenvalue weighted by Gasteiger charge is -2.30. The van der Waals surface area contributed by atoms with E-state index in [0.717, 1.165) is 4.90 Å². The summed E-state index contributed by atoms with van der Waals surface area (Å²) < 4.78 is 53.2. The molecule has 5 rings (SSSR count). The van der Waals surface area contributed by atoms with Gasteiger partial charge < -0.3 is 25.0 Å². The Bertz CT molecular complexity index is 1940. The minimum absolute atomic E-state index is 0.0477. The van der Waals surface area contributed by atoms with E-state index >= 15 is 0 Å². The van der Waals surface area contributed by atoms with Crippen molar-refractivity contribution in [1.82, 2.24) is 25.2 Å². The zero-order chi connectivity index (χ0) is 41.4. The lowest BCUT2D eigenvalue weighted by molar-refractivity contribution is -0.141. The quantitative estimate of drug-likeness (QED) is 0.208. The first-order valence-electron chi connectivity index (χ1n) is 19.0. The van der Waals surface area contributed by atoms with Crippen molar-refractivity contribution >= 4 is 45.7 Å². The molecule has 5 atom stereocenters. The summed E-state index contributed by atoms with van der Waals surface area (Å²) in [6, 6.07) is 1.78. The Balaban J connectivity index is 1.40. The SMILES string of the molecule is CC[C@@H]1C[C@]1(NC(=O)C1C[C@@H](OC(=O)N2Cc3cccc(F)c3C2)CN1C(=O)C(CCC(=O)C#CC(C)(C)C)NC(=O)OC(C)(C)C)C(=O)NS(=O)(=O)C1CC1. The van der Waals surface area contributed by atoms with E-state index in [0.29, 0.717) is 30.4 Å². The summed E-state index contributed by atoms with van der Waals surface area (Å²) >= 11 is 0. The molecule has 2 heterocycles. The molecule has 17 heteroatoms. The molecule has 2 saturated carbocycles. The highest BCUT2D eigenvalue weighted by atomic mass is 32.2. The first kappa shape index (κ1) is 42.4. The van der Waals surface area contributed by atoms with E-state index < -0.39 is 91.5 Å². The lowest BCUT2D eigenvalue weighted by Crippen LogP contribution is -2.58. The van der Waals surface area contributed by atoms with Gasteiger partial charge in [0, 0.05) is 30.4 Å². The molecule has 0 radical (unpaired) electrons. The molecule has 0 bridgehead atoms. The van der Waals surface area contributed by atoms with Crippen molar-refractivity contribution in [3.05, 3.63) is 35.1 Å². The number of Topliss-reactive ketones (excluding diaryl/α,β-unsaturated/α-hetero) is 1. The van der Waals surface area contributed by atoms with E-state index in [1.807, 2.05) is 20.8 Å². The van der Waals surface area contributed by atoms with Crippen molar-refractivity contribution in [3.8, 4) is 11.8 Å². The van der Waals surface area contributed by atoms with Crippen LogP contribution in [0.4, 0.5) is 14.0 Å². The Kier molecular flexibility index (Phi) is 12.1. The normalized spacial score (nSPS) is 23.5. The molecule has 15 nitrogen and oxygen atoms in total. The van der Waals surface area contributed by atoms with Gasteiger partial charge in [-0.25, -0.2) is 22.4 Å². The van der Waals surface area contributed by atoms with Crippen molar-refractivity contribution in [2.45, 2.75) is 141 Å². The van der Waals surface area contributed by atoms with Crippen LogP contribution in [0.25, 0.3) is 0 Å². The van der Waals surface area contributed by atoms with Crippen LogP contribution >= 0.6 is 0 Å². The number of benzene rings is 1. The minimum atomic E-state index is -3.95. The maximum Gasteiger partial charge on any atom is 0.410 e. The van der Waals surface area contributed by atoms with Gasteiger partial charge in [-0.3, -0.25) is 28.8 Å². The number of carbonyl (C=O) groups excluding carboxylic acids is 6. The average Bonchev–Trinajstić information content (AvgIpc) is 3.98. The second-order valence-electron chi connectivity index (χ2n) is 17.1. The van der Waals surface area contributed by atoms with E-state index in [9.17, 15) is 41.6 Å². The molecule has 0 spiro atoms. The summed E-state index contributed by atoms with van der Waals surface area (Å²) in [5, 5.41) is 4.57. The van der Waals surface area contributed by atoms with Crippen LogP contribution in [-0.2, 0) is 51.8 Å². The molecule has 306 valence electrons. The number of nitrogens with one attached hydrogen (secondary N) is 3. The number of rotatable bonds is 12. The van der Waals surface area contributed by atoms with Gasteiger partial charge in [0.25, 0.3) is 5.91 Å². The Morgan fingerprint density at radius 3 is 2.34 bits per heavy atom. The van der Waals surface area contributed by atoms with Crippen LogP contribution in [0.3, 0.4) is 0 Å². The summed E-state index contributed by atoms with van der Waals surface area (Å²) in [6.07, 6.45) is -2.04. The molecule has 5 amide bonds. The number of halogens is 1. The average molecular weight is 802 g/mol. The van der Waals surface area contributed by atoms with Gasteiger partial charge in [-0.05, 0) is 90.7 Å². The predicted molar refractivity (Wildman–Crippen MR) is 200 cm³/mol. The number of ketones is 1. The number of sulfonamides is 1. The predicted octanol–water partition coefficient (Wildman–Crippen LogP) is 3.43. The van der Waals surface area contributed by atoms with Crippen molar-refractivity contribution in [3.63, 3.8) is 0 Å². The lowest BCUT2D eigenvalue weighted by atomic mass is 9.97. The van der Waals surface area contributed by atoms with E-state index in [4.69, 9.17) is 9.47 Å². The minimum Gasteiger partial charge on any atom is -0.444 e. The Hall–Kier alpha value is -4.72. The largest absolute Gasteiger partial charge is 0.444 e. The number of fused-ring (bicyclic) bond motifs is 1. The zero-order valence-electron chi connectivity index (χ0n) is 33.0. The van der Waals surface area contributed by atoms with E-state index in [2.05, 4.69) is 27.2 Å². The van der Waals surface area contributed by atoms with Crippen LogP contribution in [0.15, 0.2) is 18.2 Å². The second-order valence-corrected chi connectivity index (χ2v) is 19.0. The van der Waals surface area contributed by atoms with Crippen LogP contribution in [-0.4, -0.2) is 95.0 Å². The molecule has 2 aliphatic carbocycles. The van der Waals surface area contributed by atoms with Crippen molar-refractivity contribution in [1.29, 1.82) is 0 Å². The van der Waals surface area contributed by atoms with Gasteiger partial charge >= 0.3 is 12.2 Å². The van der Waals surface area contributed by atoms with E-state index in [-0.39, 0.29) is 51.2 Å². The molecular weight excluding hydrogens is 750 g/mol. The number of carbonyl (C=O) groups is 6. The third kappa shape index (κ3) is 10.4. The fraction of sp³-hybridized carbons (Fsp3) is 0.641.